The number of urea groups is 1. The average molecular weight is 1110 g/mol. The zero-order chi connectivity index (χ0) is 56.9. The Balaban J connectivity index is 1.38. The first-order valence-corrected chi connectivity index (χ1v) is 27.3. The van der Waals surface area contributed by atoms with Crippen molar-refractivity contribution >= 4 is 38.4 Å². The minimum Gasteiger partial charge on any atom is -0.497 e. The van der Waals surface area contributed by atoms with Gasteiger partial charge in [-0.1, -0.05) is 54.6 Å². The summed E-state index contributed by atoms with van der Waals surface area (Å²) in [5, 5.41) is 8.80. The van der Waals surface area contributed by atoms with Crippen molar-refractivity contribution in [2.24, 2.45) is 5.92 Å². The van der Waals surface area contributed by atoms with Gasteiger partial charge in [0.05, 0.1) is 33.0 Å². The molecule has 1 heterocycles. The van der Waals surface area contributed by atoms with Gasteiger partial charge in [-0.3, -0.25) is 19.2 Å². The van der Waals surface area contributed by atoms with Crippen molar-refractivity contribution in [3.05, 3.63) is 107 Å². The van der Waals surface area contributed by atoms with Gasteiger partial charge >= 0.3 is 23.9 Å². The molecule has 0 aromatic heterocycles. The lowest BCUT2D eigenvalue weighted by molar-refractivity contribution is -0.277. The number of carbonyl (C=O) groups is 5. The van der Waals surface area contributed by atoms with Gasteiger partial charge in [-0.25, -0.2) is 16.0 Å². The van der Waals surface area contributed by atoms with Crippen LogP contribution >= 0.6 is 8.53 Å². The van der Waals surface area contributed by atoms with Gasteiger partial charge in [0.15, 0.2) is 18.5 Å². The minimum atomic E-state index is -1.76. The summed E-state index contributed by atoms with van der Waals surface area (Å²) in [7, 11) is 3.07. The second-order valence-corrected chi connectivity index (χ2v) is 20.8. The number of amides is 3. The summed E-state index contributed by atoms with van der Waals surface area (Å²) in [4.78, 5) is 66.1. The first-order valence-electron chi connectivity index (χ1n) is 26.2. The number of ether oxygens (including phenoxy) is 9. The van der Waals surface area contributed by atoms with Crippen LogP contribution in [-0.4, -0.2) is 156 Å². The van der Waals surface area contributed by atoms with Crippen LogP contribution < -0.4 is 25.4 Å². The Bertz CT molecular complexity index is 2360. The molecule has 3 aromatic rings. The van der Waals surface area contributed by atoms with E-state index in [0.717, 1.165) is 23.6 Å². The molecule has 0 bridgehead atoms. The number of carbonyl (C=O) groups excluding carboxylic acids is 5. The highest BCUT2D eigenvalue weighted by atomic mass is 31.2. The predicted octanol–water partition coefficient (Wildman–Crippen LogP) is 6.83. The average Bonchev–Trinajstić information content (AvgIpc) is 3.80. The fraction of sp³-hybridized carbons (Fsp3) is 0.571. The molecule has 1 aliphatic carbocycles. The normalized spacial score (nSPS) is 22.5. The van der Waals surface area contributed by atoms with Crippen LogP contribution in [0.5, 0.6) is 11.5 Å². The number of methoxy groups -OCH3 is 3. The fourth-order valence-corrected chi connectivity index (χ4v) is 11.6. The molecule has 21 nitrogen and oxygen atoms in total. The van der Waals surface area contributed by atoms with E-state index >= 15 is 0 Å². The maximum atomic E-state index is 13.9. The highest BCUT2D eigenvalue weighted by molar-refractivity contribution is 7.44. The Morgan fingerprint density at radius 1 is 0.731 bits per heavy atom. The molecule has 2 aliphatic rings. The molecule has 0 spiro atoms. The van der Waals surface area contributed by atoms with E-state index in [-0.39, 0.29) is 57.5 Å². The minimum absolute atomic E-state index is 0.0116. The molecule has 2 unspecified atom stereocenters. The third kappa shape index (κ3) is 17.3. The first-order chi connectivity index (χ1) is 37.4. The van der Waals surface area contributed by atoms with E-state index in [0.29, 0.717) is 30.8 Å². The van der Waals surface area contributed by atoms with Crippen molar-refractivity contribution in [3.63, 3.8) is 0 Å². The van der Waals surface area contributed by atoms with Crippen molar-refractivity contribution < 1.29 is 75.7 Å². The number of esters is 3. The lowest BCUT2D eigenvalue weighted by Gasteiger charge is -2.44. The van der Waals surface area contributed by atoms with Crippen LogP contribution in [0.1, 0.15) is 91.3 Å². The monoisotopic (exact) mass is 1110 g/mol. The van der Waals surface area contributed by atoms with E-state index in [1.807, 2.05) is 78.9 Å². The number of nitrogens with one attached hydrogen (secondary N) is 3. The molecule has 1 saturated carbocycles. The summed E-state index contributed by atoms with van der Waals surface area (Å²) in [5.41, 5.74) is 1.40. The summed E-state index contributed by atoms with van der Waals surface area (Å²) in [6.07, 6.45) is -4.97. The lowest BCUT2D eigenvalue weighted by Crippen LogP contribution is -2.66. The Morgan fingerprint density at radius 3 is 1.85 bits per heavy atom. The smallest absolute Gasteiger partial charge is 0.315 e. The van der Waals surface area contributed by atoms with E-state index in [4.69, 9.17) is 58.3 Å². The number of benzene rings is 3. The quantitative estimate of drug-likeness (QED) is 0.0161. The van der Waals surface area contributed by atoms with Gasteiger partial charge in [-0.15, -0.1) is 0 Å². The molecule has 3 aromatic carbocycles. The fourth-order valence-electron chi connectivity index (χ4n) is 9.82. The van der Waals surface area contributed by atoms with Crippen molar-refractivity contribution in [1.29, 1.82) is 0 Å². The van der Waals surface area contributed by atoms with Crippen molar-refractivity contribution in [2.45, 2.75) is 141 Å². The van der Waals surface area contributed by atoms with Gasteiger partial charge < -0.3 is 72.5 Å². The third-order valence-corrected chi connectivity index (χ3v) is 15.2. The largest absolute Gasteiger partial charge is 0.497 e. The Morgan fingerprint density at radius 2 is 1.32 bits per heavy atom. The highest BCUT2D eigenvalue weighted by Crippen LogP contribution is 2.51. The van der Waals surface area contributed by atoms with Crippen LogP contribution in [0.3, 0.4) is 0 Å². The second-order valence-electron chi connectivity index (χ2n) is 19.4. The number of hydrogen-bond acceptors (Lipinski definition) is 17. The van der Waals surface area contributed by atoms with Crippen LogP contribution in [0, 0.1) is 12.5 Å². The summed E-state index contributed by atoms with van der Waals surface area (Å²) >= 11 is 0. The van der Waals surface area contributed by atoms with E-state index in [9.17, 15) is 24.0 Å². The molecule has 2 fully saturated rings. The lowest BCUT2D eigenvalue weighted by atomic mass is 9.79. The van der Waals surface area contributed by atoms with Gasteiger partial charge in [0.2, 0.25) is 12.5 Å². The molecule has 22 heteroatoms. The second kappa shape index (κ2) is 31.0. The van der Waals surface area contributed by atoms with Crippen molar-refractivity contribution in [2.75, 3.05) is 60.8 Å². The molecule has 0 radical (unpaired) electrons. The summed E-state index contributed by atoms with van der Waals surface area (Å²) < 4.78 is 69.1. The van der Waals surface area contributed by atoms with E-state index in [1.54, 1.807) is 21.3 Å². The Labute approximate surface area is 459 Å². The molecule has 3 N–H and O–H groups in total. The molecule has 3 amide bonds. The SMILES string of the molecule is [C-]#[N+]CCOP(OC1[C@@H](COC(c2ccccc2)(c2ccc(OC)cc2)c2ccc(OC)cc2)C[C@H](NC(=O)NCCCCO[C@@H]2O[C@H](COC(C)=O)[C@H](OC(C)=O)[C@H](OC(C)=O)[C@H]2NC(C)=O)[C@H]1OC)N(C(C)C)C(C)C. The van der Waals surface area contributed by atoms with E-state index in [2.05, 4.69) is 53.2 Å². The highest BCUT2D eigenvalue weighted by Gasteiger charge is 2.52. The molecular weight excluding hydrogens is 1030 g/mol. The predicted molar refractivity (Wildman–Crippen MR) is 288 cm³/mol. The first kappa shape index (κ1) is 62.9. The summed E-state index contributed by atoms with van der Waals surface area (Å²) in [6.45, 7) is 20.9. The van der Waals surface area contributed by atoms with Gasteiger partial charge in [-0.2, -0.15) is 0 Å². The van der Waals surface area contributed by atoms with Crippen LogP contribution in [-0.2, 0) is 67.0 Å². The van der Waals surface area contributed by atoms with Crippen LogP contribution in [0.2, 0.25) is 0 Å². The zero-order valence-corrected chi connectivity index (χ0v) is 47.5. The molecular formula is C56H78N5O16P. The maximum absolute atomic E-state index is 13.9. The van der Waals surface area contributed by atoms with Gasteiger partial charge in [-0.05, 0) is 87.9 Å². The number of nitrogens with zero attached hydrogens (tertiary/aromatic N) is 2. The van der Waals surface area contributed by atoms with Crippen molar-refractivity contribution in [1.82, 2.24) is 20.6 Å². The van der Waals surface area contributed by atoms with Gasteiger partial charge in [0.1, 0.15) is 48.6 Å². The number of hydrogen-bond donors (Lipinski definition) is 3. The van der Waals surface area contributed by atoms with Crippen LogP contribution in [0.15, 0.2) is 78.9 Å². The Kier molecular flexibility index (Phi) is 25.0. The summed E-state index contributed by atoms with van der Waals surface area (Å²) in [5.74, 6) is -1.59. The molecule has 1 aliphatic heterocycles. The molecule has 1 saturated heterocycles. The van der Waals surface area contributed by atoms with Crippen molar-refractivity contribution in [3.8, 4) is 11.5 Å². The molecule has 5 rings (SSSR count). The van der Waals surface area contributed by atoms with Gasteiger partial charge in [0.25, 0.3) is 8.53 Å². The molecule has 428 valence electrons. The summed E-state index contributed by atoms with van der Waals surface area (Å²) in [6, 6.07) is 23.4. The molecule has 78 heavy (non-hydrogen) atoms. The third-order valence-electron chi connectivity index (χ3n) is 13.1. The van der Waals surface area contributed by atoms with E-state index in [1.165, 1.54) is 20.8 Å². The topological polar surface area (TPSA) is 231 Å². The van der Waals surface area contributed by atoms with Gasteiger partial charge in [0, 0.05) is 66.0 Å². The zero-order valence-electron chi connectivity index (χ0n) is 46.6. The standard InChI is InChI=1S/C56H78N5O16P/c1-35(2)61(36(3)4)78(73-31-29-57-9)77-50-41(33-72-56(42-18-14-13-15-19-42,43-20-24-45(67-10)25-21-43)44-22-26-46(68-11)27-23-44)32-47(51(50)69-12)60-55(66)58-28-16-17-30-70-54-49(59-37(5)62)53(75-40(8)65)52(74-39(7)64)48(76-54)34-71-38(6)63/h13-15,18-27,35-36,41,47-54H,16-17,28-34H2,1-8,10-12H3,(H,59,62)(H2,58,60,66)/t41-,47+,48-,49-,50?,51-,52+,53-,54-,78?/m1/s1. The van der Waals surface area contributed by atoms with E-state index < -0.39 is 92.9 Å². The molecule has 10 atom stereocenters. The van der Waals surface area contributed by atoms with Crippen LogP contribution in [0.4, 0.5) is 4.79 Å². The number of rotatable bonds is 29. The Hall–Kier alpha value is -5.95. The maximum Gasteiger partial charge on any atom is 0.315 e. The number of unbranched alkanes of at least 4 members (excludes halogenated alkanes) is 1. The van der Waals surface area contributed by atoms with Crippen LogP contribution in [0.25, 0.3) is 4.85 Å².